The third-order valence-corrected chi connectivity index (χ3v) is 12.4. The van der Waals surface area contributed by atoms with Crippen LogP contribution in [0, 0.1) is 0 Å². The third-order valence-electron chi connectivity index (χ3n) is 10.5. The molecular formula is C49H39N3O2S. The van der Waals surface area contributed by atoms with Gasteiger partial charge < -0.3 is 4.57 Å². The van der Waals surface area contributed by atoms with Gasteiger partial charge in [-0.1, -0.05) is 97.6 Å². The molecule has 0 saturated heterocycles. The number of para-hydroxylation sites is 3. The first-order chi connectivity index (χ1) is 26.7. The van der Waals surface area contributed by atoms with Gasteiger partial charge in [-0.15, -0.1) is 0 Å². The van der Waals surface area contributed by atoms with Crippen LogP contribution < -0.4 is 0 Å². The Morgan fingerprint density at radius 3 is 1.85 bits per heavy atom. The summed E-state index contributed by atoms with van der Waals surface area (Å²) in [6.07, 6.45) is 3.42. The highest BCUT2D eigenvalue weighted by molar-refractivity contribution is 7.95. The lowest BCUT2D eigenvalue weighted by molar-refractivity contribution is 0.602. The zero-order valence-electron chi connectivity index (χ0n) is 31.2. The fourth-order valence-electron chi connectivity index (χ4n) is 8.13. The molecule has 0 fully saturated rings. The lowest BCUT2D eigenvalue weighted by Gasteiger charge is -2.25. The summed E-state index contributed by atoms with van der Waals surface area (Å²) < 4.78 is 32.5. The normalized spacial score (nSPS) is 14.8. The molecule has 6 aromatic carbocycles. The first kappa shape index (κ1) is 34.3. The molecule has 0 unspecified atom stereocenters. The van der Waals surface area contributed by atoms with Crippen LogP contribution in [0.1, 0.15) is 33.3 Å². The van der Waals surface area contributed by atoms with Crippen LogP contribution in [0.5, 0.6) is 0 Å². The summed E-state index contributed by atoms with van der Waals surface area (Å²) >= 11 is 0. The van der Waals surface area contributed by atoms with E-state index in [2.05, 4.69) is 145 Å². The van der Waals surface area contributed by atoms with Gasteiger partial charge in [-0.3, -0.25) is 4.57 Å². The number of aromatic nitrogens is 2. The van der Waals surface area contributed by atoms with Gasteiger partial charge in [0.2, 0.25) is 9.84 Å². The number of allylic oxidation sites excluding steroid dienone is 5. The summed E-state index contributed by atoms with van der Waals surface area (Å²) in [4.78, 5) is 5.89. The van der Waals surface area contributed by atoms with E-state index >= 15 is 0 Å². The summed E-state index contributed by atoms with van der Waals surface area (Å²) in [5.41, 5.74) is 11.1. The van der Waals surface area contributed by atoms with E-state index in [9.17, 15) is 8.42 Å². The van der Waals surface area contributed by atoms with E-state index in [1.807, 2.05) is 26.0 Å². The second kappa shape index (κ2) is 13.1. The van der Waals surface area contributed by atoms with Crippen molar-refractivity contribution in [2.24, 2.45) is 4.99 Å². The molecule has 3 heterocycles. The molecule has 5 nitrogen and oxygen atoms in total. The Bertz CT molecular complexity index is 3150. The Balaban J connectivity index is 1.26. The molecule has 8 aromatic rings. The number of rotatable bonds is 6. The number of benzene rings is 6. The van der Waals surface area contributed by atoms with Crippen LogP contribution in [0.15, 0.2) is 190 Å². The van der Waals surface area contributed by atoms with Crippen molar-refractivity contribution in [3.63, 3.8) is 0 Å². The molecule has 2 aromatic heterocycles. The average molecular weight is 734 g/mol. The van der Waals surface area contributed by atoms with Crippen molar-refractivity contribution < 1.29 is 8.42 Å². The molecule has 268 valence electrons. The summed E-state index contributed by atoms with van der Waals surface area (Å²) in [7, 11) is -3.79. The van der Waals surface area contributed by atoms with Crippen molar-refractivity contribution in [1.82, 2.24) is 9.13 Å². The van der Waals surface area contributed by atoms with Gasteiger partial charge in [0.05, 0.1) is 37.6 Å². The molecule has 55 heavy (non-hydrogen) atoms. The molecule has 0 saturated carbocycles. The first-order valence-corrected chi connectivity index (χ1v) is 19.9. The predicted molar refractivity (Wildman–Crippen MR) is 231 cm³/mol. The van der Waals surface area contributed by atoms with E-state index in [0.717, 1.165) is 50.0 Å². The molecule has 9 rings (SSSR count). The Hall–Kier alpha value is -6.50. The van der Waals surface area contributed by atoms with Crippen LogP contribution in [0.2, 0.25) is 0 Å². The largest absolute Gasteiger partial charge is 0.309 e. The summed E-state index contributed by atoms with van der Waals surface area (Å²) in [5.74, 6) is 0.733. The number of aliphatic imine (C=N–C) groups is 1. The van der Waals surface area contributed by atoms with Crippen LogP contribution in [0.4, 0.5) is 0 Å². The highest BCUT2D eigenvalue weighted by Crippen LogP contribution is 2.41. The van der Waals surface area contributed by atoms with Crippen LogP contribution in [0.25, 0.3) is 66.2 Å². The quantitative estimate of drug-likeness (QED) is 0.171. The van der Waals surface area contributed by atoms with E-state index in [1.54, 1.807) is 24.3 Å². The van der Waals surface area contributed by atoms with Gasteiger partial charge in [0.1, 0.15) is 5.82 Å². The Morgan fingerprint density at radius 1 is 0.636 bits per heavy atom. The van der Waals surface area contributed by atoms with Crippen LogP contribution in [-0.4, -0.2) is 23.3 Å². The van der Waals surface area contributed by atoms with Crippen molar-refractivity contribution in [3.8, 4) is 16.8 Å². The first-order valence-electron chi connectivity index (χ1n) is 18.5. The van der Waals surface area contributed by atoms with E-state index in [4.69, 9.17) is 4.99 Å². The highest BCUT2D eigenvalue weighted by Gasteiger charge is 2.35. The zero-order valence-corrected chi connectivity index (χ0v) is 32.0. The van der Waals surface area contributed by atoms with Gasteiger partial charge in [-0.05, 0) is 111 Å². The fourth-order valence-corrected chi connectivity index (χ4v) is 9.94. The van der Waals surface area contributed by atoms with E-state index in [0.29, 0.717) is 22.4 Å². The van der Waals surface area contributed by atoms with Crippen LogP contribution in [-0.2, 0) is 9.84 Å². The lowest BCUT2D eigenvalue weighted by Crippen LogP contribution is -2.23. The molecular weight excluding hydrogens is 695 g/mol. The molecule has 0 radical (unpaired) electrons. The maximum absolute atomic E-state index is 14.0. The molecule has 0 amide bonds. The minimum absolute atomic E-state index is 0.212. The van der Waals surface area contributed by atoms with Crippen LogP contribution >= 0.6 is 0 Å². The van der Waals surface area contributed by atoms with Crippen molar-refractivity contribution in [1.29, 1.82) is 0 Å². The smallest absolute Gasteiger partial charge is 0.207 e. The van der Waals surface area contributed by atoms with Gasteiger partial charge in [0.25, 0.3) is 0 Å². The maximum atomic E-state index is 14.0. The lowest BCUT2D eigenvalue weighted by atomic mass is 9.96. The van der Waals surface area contributed by atoms with Crippen LogP contribution in [0.3, 0.4) is 0 Å². The number of hydrogen-bond donors (Lipinski definition) is 0. The maximum Gasteiger partial charge on any atom is 0.207 e. The number of fused-ring (bicyclic) bond motifs is 7. The number of hydrogen-bond acceptors (Lipinski definition) is 3. The monoisotopic (exact) mass is 733 g/mol. The van der Waals surface area contributed by atoms with Gasteiger partial charge in [0.15, 0.2) is 0 Å². The van der Waals surface area contributed by atoms with Crippen molar-refractivity contribution in [3.05, 3.63) is 185 Å². The van der Waals surface area contributed by atoms with Crippen molar-refractivity contribution >= 4 is 65.0 Å². The van der Waals surface area contributed by atoms with Crippen molar-refractivity contribution in [2.45, 2.75) is 32.6 Å². The van der Waals surface area contributed by atoms with Gasteiger partial charge in [0, 0.05) is 38.4 Å². The molecule has 0 spiro atoms. The third kappa shape index (κ3) is 5.36. The molecule has 0 atom stereocenters. The van der Waals surface area contributed by atoms with Gasteiger partial charge in [-0.2, -0.15) is 0 Å². The Morgan fingerprint density at radius 2 is 1.18 bits per heavy atom. The summed E-state index contributed by atoms with van der Waals surface area (Å²) in [6, 6.07) is 48.1. The summed E-state index contributed by atoms with van der Waals surface area (Å²) in [6.45, 7) is 12.0. The molecule has 0 N–H and O–H groups in total. The van der Waals surface area contributed by atoms with Gasteiger partial charge >= 0.3 is 0 Å². The molecule has 1 aliphatic rings. The number of nitrogens with zero attached hydrogens (tertiary/aromatic N) is 3. The predicted octanol–water partition coefficient (Wildman–Crippen LogP) is 12.4. The van der Waals surface area contributed by atoms with E-state index in [-0.39, 0.29) is 9.80 Å². The second-order valence-electron chi connectivity index (χ2n) is 14.3. The molecule has 1 aliphatic heterocycles. The highest BCUT2D eigenvalue weighted by atomic mass is 32.2. The average Bonchev–Trinajstić information content (AvgIpc) is 3.70. The van der Waals surface area contributed by atoms with Gasteiger partial charge in [-0.25, -0.2) is 13.4 Å². The molecule has 0 bridgehead atoms. The Kier molecular flexibility index (Phi) is 8.17. The Labute approximate surface area is 321 Å². The fraction of sp³-hybridized carbons (Fsp3) is 0.0816. The number of sulfone groups is 1. The minimum atomic E-state index is -3.79. The van der Waals surface area contributed by atoms with E-state index < -0.39 is 9.84 Å². The molecule has 0 aliphatic carbocycles. The van der Waals surface area contributed by atoms with Crippen molar-refractivity contribution in [2.75, 3.05) is 0 Å². The topological polar surface area (TPSA) is 56.4 Å². The second-order valence-corrected chi connectivity index (χ2v) is 16.2. The summed E-state index contributed by atoms with van der Waals surface area (Å²) in [5, 5.41) is 4.63. The SMILES string of the molecule is C=C(C)C1=C(/C=C\C)S(=O)(=O)c2ccccc2C1=NC(=C(C)C)n1c2ccccc2c2cc(-c3ccc4c(c3)c3ccccc3n4-c3ccccc3)ccc21. The van der Waals surface area contributed by atoms with E-state index in [1.165, 1.54) is 21.8 Å². The standard InChI is InChI=1S/C49H39N3O2S/c1-6-16-46-47(31(2)3)48(38-21-12-15-24-45(38)55(46,53)54)50-49(32(4)5)52-42-23-14-11-20-37(42)40-30-34(26-28-44(40)52)33-25-27-43-39(29-33)36-19-10-13-22-41(36)51(43)35-17-8-7-9-18-35/h6-30H,2H2,1,3-5H3/b16-6-,50-48?. The molecule has 6 heteroatoms. The zero-order chi connectivity index (χ0) is 38.0. The minimum Gasteiger partial charge on any atom is -0.309 e.